The summed E-state index contributed by atoms with van der Waals surface area (Å²) >= 11 is 1.64. The molecular weight excluding hydrogens is 426 g/mol. The molecule has 1 heterocycles. The molecular formula is C28H21N3OS. The summed E-state index contributed by atoms with van der Waals surface area (Å²) in [7, 11) is 0. The second-order valence-electron chi connectivity index (χ2n) is 7.76. The topological polar surface area (TPSA) is 53.8 Å². The van der Waals surface area contributed by atoms with Gasteiger partial charge in [-0.25, -0.2) is 0 Å². The largest absolute Gasteiger partial charge is 0.322 e. The monoisotopic (exact) mass is 447 g/mol. The van der Waals surface area contributed by atoms with Crippen LogP contribution in [0.15, 0.2) is 113 Å². The predicted molar refractivity (Wildman–Crippen MR) is 137 cm³/mol. The third-order valence-corrected chi connectivity index (χ3v) is 6.22. The summed E-state index contributed by atoms with van der Waals surface area (Å²) in [5.74, 6) is -0.141. The van der Waals surface area contributed by atoms with Gasteiger partial charge in [0.1, 0.15) is 0 Å². The number of carbonyl (C=O) groups excluding carboxylic acids is 1. The van der Waals surface area contributed by atoms with E-state index in [1.807, 2.05) is 66.7 Å². The van der Waals surface area contributed by atoms with Gasteiger partial charge < -0.3 is 5.32 Å². The number of rotatable bonds is 5. The standard InChI is InChI=1S/C28H21N3OS/c1-19-7-9-20(10-8-19)26-17-21(18-27-25(26)15-16-33-27)28(32)29-22-11-13-24(14-12-22)31-30-23-5-3-2-4-6-23/h2-18H,1H3,(H,29,32). The van der Waals surface area contributed by atoms with Crippen LogP contribution in [0.5, 0.6) is 0 Å². The van der Waals surface area contributed by atoms with E-state index in [1.54, 1.807) is 11.3 Å². The zero-order valence-electron chi connectivity index (χ0n) is 18.0. The highest BCUT2D eigenvalue weighted by Gasteiger charge is 2.13. The van der Waals surface area contributed by atoms with Crippen molar-refractivity contribution in [3.8, 4) is 11.1 Å². The molecule has 4 nitrogen and oxygen atoms in total. The molecule has 0 atom stereocenters. The highest BCUT2D eigenvalue weighted by atomic mass is 32.1. The van der Waals surface area contributed by atoms with Crippen LogP contribution < -0.4 is 5.32 Å². The Bertz CT molecular complexity index is 1440. The Labute approximate surface area is 196 Å². The molecule has 1 N–H and O–H groups in total. The van der Waals surface area contributed by atoms with Crippen molar-refractivity contribution in [3.05, 3.63) is 114 Å². The summed E-state index contributed by atoms with van der Waals surface area (Å²) in [6, 6.07) is 31.3. The summed E-state index contributed by atoms with van der Waals surface area (Å²) < 4.78 is 1.09. The Hall–Kier alpha value is -4.09. The number of anilines is 1. The lowest BCUT2D eigenvalue weighted by atomic mass is 9.98. The van der Waals surface area contributed by atoms with Crippen LogP contribution in [-0.4, -0.2) is 5.91 Å². The smallest absolute Gasteiger partial charge is 0.255 e. The van der Waals surface area contributed by atoms with Gasteiger partial charge in [-0.05, 0) is 78.0 Å². The highest BCUT2D eigenvalue weighted by molar-refractivity contribution is 7.17. The first-order chi connectivity index (χ1) is 16.2. The van der Waals surface area contributed by atoms with E-state index >= 15 is 0 Å². The van der Waals surface area contributed by atoms with Crippen molar-refractivity contribution in [2.45, 2.75) is 6.92 Å². The average Bonchev–Trinajstić information content (AvgIpc) is 3.33. The van der Waals surface area contributed by atoms with E-state index < -0.39 is 0 Å². The number of benzene rings is 4. The summed E-state index contributed by atoms with van der Waals surface area (Å²) in [6.45, 7) is 2.07. The molecule has 160 valence electrons. The molecule has 0 fully saturated rings. The predicted octanol–water partition coefficient (Wildman–Crippen LogP) is 8.54. The third-order valence-electron chi connectivity index (χ3n) is 5.36. The van der Waals surface area contributed by atoms with Crippen LogP contribution in [0.2, 0.25) is 0 Å². The van der Waals surface area contributed by atoms with Gasteiger partial charge >= 0.3 is 0 Å². The Kier molecular flexibility index (Phi) is 5.79. The van der Waals surface area contributed by atoms with Crippen molar-refractivity contribution in [1.82, 2.24) is 0 Å². The number of aryl methyl sites for hydroxylation is 1. The van der Waals surface area contributed by atoms with Crippen LogP contribution in [0.4, 0.5) is 17.1 Å². The zero-order valence-corrected chi connectivity index (χ0v) is 18.8. The minimum atomic E-state index is -0.141. The Morgan fingerprint density at radius 1 is 0.788 bits per heavy atom. The van der Waals surface area contributed by atoms with Crippen LogP contribution in [0, 0.1) is 6.92 Å². The van der Waals surface area contributed by atoms with Gasteiger partial charge in [0.15, 0.2) is 0 Å². The maximum Gasteiger partial charge on any atom is 0.255 e. The lowest BCUT2D eigenvalue weighted by Crippen LogP contribution is -2.11. The van der Waals surface area contributed by atoms with Crippen LogP contribution in [-0.2, 0) is 0 Å². The Morgan fingerprint density at radius 3 is 2.21 bits per heavy atom. The molecule has 0 aliphatic heterocycles. The fourth-order valence-electron chi connectivity index (χ4n) is 3.60. The molecule has 0 spiro atoms. The highest BCUT2D eigenvalue weighted by Crippen LogP contribution is 2.34. The van der Waals surface area contributed by atoms with Crippen molar-refractivity contribution in [2.24, 2.45) is 10.2 Å². The summed E-state index contributed by atoms with van der Waals surface area (Å²) in [4.78, 5) is 13.1. The lowest BCUT2D eigenvalue weighted by molar-refractivity contribution is 0.102. The number of amides is 1. The molecule has 4 aromatic carbocycles. The van der Waals surface area contributed by atoms with Crippen molar-refractivity contribution >= 4 is 44.4 Å². The Balaban J connectivity index is 1.37. The molecule has 5 rings (SSSR count). The number of hydrogen-bond acceptors (Lipinski definition) is 4. The fourth-order valence-corrected chi connectivity index (χ4v) is 4.45. The van der Waals surface area contributed by atoms with Gasteiger partial charge in [-0.3, -0.25) is 4.79 Å². The fraction of sp³-hybridized carbons (Fsp3) is 0.0357. The van der Waals surface area contributed by atoms with Gasteiger partial charge in [-0.15, -0.1) is 11.3 Å². The quantitative estimate of drug-likeness (QED) is 0.270. The molecule has 1 amide bonds. The van der Waals surface area contributed by atoms with E-state index in [0.717, 1.165) is 32.6 Å². The third kappa shape index (κ3) is 4.73. The number of carbonyl (C=O) groups is 1. The summed E-state index contributed by atoms with van der Waals surface area (Å²) in [5, 5.41) is 14.7. The molecule has 0 aliphatic rings. The van der Waals surface area contributed by atoms with E-state index in [9.17, 15) is 4.79 Å². The SMILES string of the molecule is Cc1ccc(-c2cc(C(=O)Nc3ccc(N=Nc4ccccc4)cc3)cc3sccc23)cc1. The van der Waals surface area contributed by atoms with Gasteiger partial charge in [0.25, 0.3) is 5.91 Å². The molecule has 5 aromatic rings. The van der Waals surface area contributed by atoms with Crippen LogP contribution in [0.25, 0.3) is 21.2 Å². The van der Waals surface area contributed by atoms with E-state index in [4.69, 9.17) is 0 Å². The molecule has 0 saturated heterocycles. The number of nitrogens with one attached hydrogen (secondary N) is 1. The summed E-state index contributed by atoms with van der Waals surface area (Å²) in [6.07, 6.45) is 0. The van der Waals surface area contributed by atoms with Gasteiger partial charge in [-0.1, -0.05) is 48.0 Å². The van der Waals surface area contributed by atoms with E-state index in [-0.39, 0.29) is 5.91 Å². The zero-order chi connectivity index (χ0) is 22.6. The second kappa shape index (κ2) is 9.18. The molecule has 5 heteroatoms. The molecule has 33 heavy (non-hydrogen) atoms. The maximum absolute atomic E-state index is 13.1. The number of nitrogens with zero attached hydrogens (tertiary/aromatic N) is 2. The van der Waals surface area contributed by atoms with Crippen molar-refractivity contribution in [1.29, 1.82) is 0 Å². The summed E-state index contributed by atoms with van der Waals surface area (Å²) in [5.41, 5.74) is 6.24. The van der Waals surface area contributed by atoms with Gasteiger partial charge in [0.2, 0.25) is 0 Å². The minimum Gasteiger partial charge on any atom is -0.322 e. The molecule has 0 unspecified atom stereocenters. The number of hydrogen-bond donors (Lipinski definition) is 1. The maximum atomic E-state index is 13.1. The van der Waals surface area contributed by atoms with Crippen molar-refractivity contribution in [2.75, 3.05) is 5.32 Å². The molecule has 0 bridgehead atoms. The second-order valence-corrected chi connectivity index (χ2v) is 8.71. The van der Waals surface area contributed by atoms with Gasteiger partial charge in [0, 0.05) is 21.3 Å². The molecule has 0 aliphatic carbocycles. The molecule has 0 saturated carbocycles. The van der Waals surface area contributed by atoms with E-state index in [2.05, 4.69) is 58.2 Å². The van der Waals surface area contributed by atoms with Gasteiger partial charge in [0.05, 0.1) is 11.4 Å². The molecule has 1 aromatic heterocycles. The first kappa shape index (κ1) is 20.8. The normalized spacial score (nSPS) is 11.2. The van der Waals surface area contributed by atoms with Crippen LogP contribution in [0.1, 0.15) is 15.9 Å². The Morgan fingerprint density at radius 2 is 1.48 bits per heavy atom. The van der Waals surface area contributed by atoms with Crippen molar-refractivity contribution < 1.29 is 4.79 Å². The number of azo groups is 1. The van der Waals surface area contributed by atoms with E-state index in [0.29, 0.717) is 11.3 Å². The number of thiophene rings is 1. The van der Waals surface area contributed by atoms with E-state index in [1.165, 1.54) is 5.56 Å². The van der Waals surface area contributed by atoms with Gasteiger partial charge in [-0.2, -0.15) is 10.2 Å². The van der Waals surface area contributed by atoms with Crippen molar-refractivity contribution in [3.63, 3.8) is 0 Å². The van der Waals surface area contributed by atoms with Crippen LogP contribution in [0.3, 0.4) is 0 Å². The average molecular weight is 448 g/mol. The lowest BCUT2D eigenvalue weighted by Gasteiger charge is -2.10. The first-order valence-corrected chi connectivity index (χ1v) is 11.5. The first-order valence-electron chi connectivity index (χ1n) is 10.6. The number of fused-ring (bicyclic) bond motifs is 1. The minimum absolute atomic E-state index is 0.141. The van der Waals surface area contributed by atoms with Crippen LogP contribution >= 0.6 is 11.3 Å². The molecule has 0 radical (unpaired) electrons.